The molecule has 1 rings (SSSR count). The van der Waals surface area contributed by atoms with Gasteiger partial charge in [0.25, 0.3) is 0 Å². The molecule has 2 N–H and O–H groups in total. The summed E-state index contributed by atoms with van der Waals surface area (Å²) in [6.45, 7) is 12.2. The number of rotatable bonds is 12. The minimum atomic E-state index is -1.54. The lowest BCUT2D eigenvalue weighted by Gasteiger charge is -2.07. The smallest absolute Gasteiger partial charge is 0.411 e. The fraction of sp³-hybridized carbons (Fsp3) is 0.667. The molecular weight excluding hydrogens is 408 g/mol. The lowest BCUT2D eigenvalue weighted by atomic mass is 10.1. The van der Waals surface area contributed by atoms with Gasteiger partial charge in [0, 0.05) is 11.4 Å². The zero-order valence-corrected chi connectivity index (χ0v) is 20.5. The van der Waals surface area contributed by atoms with Gasteiger partial charge in [-0.2, -0.15) is 4.13 Å². The maximum atomic E-state index is 12.2. The lowest BCUT2D eigenvalue weighted by Crippen LogP contribution is -2.22. The van der Waals surface area contributed by atoms with Crippen molar-refractivity contribution in [2.24, 2.45) is 0 Å². The second kappa shape index (κ2) is 21.5. The number of amides is 1. The van der Waals surface area contributed by atoms with E-state index in [-0.39, 0.29) is 0 Å². The highest BCUT2D eigenvalue weighted by Gasteiger charge is 2.09. The van der Waals surface area contributed by atoms with Gasteiger partial charge >= 0.3 is 6.09 Å². The highest BCUT2D eigenvalue weighted by molar-refractivity contribution is 7.98. The summed E-state index contributed by atoms with van der Waals surface area (Å²) in [5, 5.41) is 2.56. The molecule has 0 bridgehead atoms. The van der Waals surface area contributed by atoms with Crippen LogP contribution in [0.15, 0.2) is 29.2 Å². The van der Waals surface area contributed by atoms with Gasteiger partial charge in [0.05, 0.1) is 11.5 Å². The van der Waals surface area contributed by atoms with Crippen molar-refractivity contribution in [2.45, 2.75) is 85.0 Å². The van der Waals surface area contributed by atoms with E-state index in [2.05, 4.69) is 16.4 Å². The number of nitrogens with one attached hydrogen (secondary N) is 2. The minimum Gasteiger partial charge on any atom is -0.450 e. The molecule has 0 saturated heterocycles. The van der Waals surface area contributed by atoms with E-state index in [1.807, 2.05) is 27.7 Å². The molecule has 2 unspecified atom stereocenters. The topological polar surface area (TPSA) is 84.5 Å². The Kier molecular flexibility index (Phi) is 22.2. The van der Waals surface area contributed by atoms with Crippen LogP contribution in [0.3, 0.4) is 0 Å². The van der Waals surface area contributed by atoms with Gasteiger partial charge in [0.15, 0.2) is 0 Å². The molecule has 0 aromatic heterocycles. The summed E-state index contributed by atoms with van der Waals surface area (Å²) in [6.07, 6.45) is 6.21. The Labute approximate surface area is 182 Å². The Bertz CT molecular complexity index is 566. The van der Waals surface area contributed by atoms with Gasteiger partial charge in [-0.15, -0.1) is 0 Å². The first-order valence-corrected chi connectivity index (χ1v) is 13.1. The second-order valence-electron chi connectivity index (χ2n) is 5.54. The summed E-state index contributed by atoms with van der Waals surface area (Å²) in [4.78, 5) is 11.8. The van der Waals surface area contributed by atoms with Crippen LogP contribution in [-0.4, -0.2) is 26.9 Å². The highest BCUT2D eigenvalue weighted by atomic mass is 32.3. The molecule has 29 heavy (non-hydrogen) atoms. The number of unbranched alkanes of at least 4 members (excludes halogenated alkanes) is 5. The molecule has 0 fully saturated rings. The van der Waals surface area contributed by atoms with Crippen LogP contribution in [0.2, 0.25) is 0 Å². The average molecular weight is 449 g/mol. The van der Waals surface area contributed by atoms with Crippen LogP contribution in [-0.2, 0) is 26.7 Å². The summed E-state index contributed by atoms with van der Waals surface area (Å²) in [6, 6.07) is 6.49. The average Bonchev–Trinajstić information content (AvgIpc) is 2.74. The number of benzene rings is 1. The van der Waals surface area contributed by atoms with Crippen LogP contribution in [0.5, 0.6) is 0 Å². The third kappa shape index (κ3) is 16.3. The van der Waals surface area contributed by atoms with E-state index in [0.29, 0.717) is 22.9 Å². The first kappa shape index (κ1) is 29.9. The monoisotopic (exact) mass is 448 g/mol. The fourth-order valence-corrected chi connectivity index (χ4v) is 4.38. The van der Waals surface area contributed by atoms with Crippen LogP contribution in [0.1, 0.15) is 80.1 Å². The normalized spacial score (nSPS) is 11.8. The number of hydrogen-bond acceptors (Lipinski definition) is 4. The molecule has 1 aromatic carbocycles. The van der Waals surface area contributed by atoms with E-state index >= 15 is 0 Å². The molecule has 0 heterocycles. The number of anilines is 1. The number of carbonyl (C=O) groups excluding carboxylic acids is 1. The van der Waals surface area contributed by atoms with Crippen LogP contribution in [0, 0.1) is 0 Å². The molecule has 0 aliphatic rings. The Balaban J connectivity index is 0. The zero-order chi connectivity index (χ0) is 22.5. The molecule has 2 atom stereocenters. The van der Waals surface area contributed by atoms with Crippen molar-refractivity contribution in [2.75, 3.05) is 17.7 Å². The van der Waals surface area contributed by atoms with Crippen LogP contribution >= 0.6 is 0 Å². The molecule has 1 amide bonds. The summed E-state index contributed by atoms with van der Waals surface area (Å²) < 4.78 is 31.5. The first-order valence-electron chi connectivity index (χ1n) is 10.7. The summed E-state index contributed by atoms with van der Waals surface area (Å²) in [5.41, 5.74) is 0.549. The third-order valence-electron chi connectivity index (χ3n) is 3.44. The molecule has 0 saturated carbocycles. The molecular formula is C21H40N2O4S2. The van der Waals surface area contributed by atoms with Gasteiger partial charge in [-0.1, -0.05) is 66.7 Å². The van der Waals surface area contributed by atoms with Crippen LogP contribution in [0.4, 0.5) is 10.5 Å². The maximum absolute atomic E-state index is 12.2. The van der Waals surface area contributed by atoms with Gasteiger partial charge < -0.3 is 4.74 Å². The Morgan fingerprint density at radius 2 is 1.45 bits per heavy atom. The number of ether oxygens (including phenoxy) is 1. The molecule has 0 spiro atoms. The van der Waals surface area contributed by atoms with Crippen molar-refractivity contribution in [1.82, 2.24) is 4.13 Å². The zero-order valence-electron chi connectivity index (χ0n) is 18.9. The van der Waals surface area contributed by atoms with Crippen molar-refractivity contribution in [3.8, 4) is 0 Å². The van der Waals surface area contributed by atoms with E-state index in [1.165, 1.54) is 19.3 Å². The molecule has 1 aromatic rings. The SMILES string of the molecule is CC.CC.CCCCCCCCS(=O)NS(=O)c1ccc(NC(=O)OCC)cc1. The van der Waals surface area contributed by atoms with E-state index in [1.54, 1.807) is 31.2 Å². The van der Waals surface area contributed by atoms with Gasteiger partial charge in [-0.05, 0) is 37.6 Å². The Morgan fingerprint density at radius 3 is 2.00 bits per heavy atom. The number of carbonyl (C=O) groups is 1. The maximum Gasteiger partial charge on any atom is 0.411 e. The molecule has 0 aliphatic heterocycles. The predicted octanol–water partition coefficient (Wildman–Crippen LogP) is 5.94. The second-order valence-corrected chi connectivity index (χ2v) is 8.31. The molecule has 6 nitrogen and oxygen atoms in total. The van der Waals surface area contributed by atoms with Gasteiger partial charge in [-0.3, -0.25) is 5.32 Å². The number of hydrogen-bond donors (Lipinski definition) is 2. The van der Waals surface area contributed by atoms with Gasteiger partial charge in [0.2, 0.25) is 0 Å². The van der Waals surface area contributed by atoms with Crippen molar-refractivity contribution in [1.29, 1.82) is 0 Å². The van der Waals surface area contributed by atoms with E-state index in [9.17, 15) is 13.2 Å². The predicted molar refractivity (Wildman–Crippen MR) is 126 cm³/mol. The quantitative estimate of drug-likeness (QED) is 0.387. The first-order chi connectivity index (χ1) is 14.1. The largest absolute Gasteiger partial charge is 0.450 e. The van der Waals surface area contributed by atoms with E-state index in [4.69, 9.17) is 4.74 Å². The molecule has 8 heteroatoms. The molecule has 170 valence electrons. The lowest BCUT2D eigenvalue weighted by molar-refractivity contribution is 0.168. The Hall–Kier alpha value is -1.25. The van der Waals surface area contributed by atoms with Gasteiger partial charge in [-0.25, -0.2) is 13.2 Å². The van der Waals surface area contributed by atoms with Gasteiger partial charge in [0.1, 0.15) is 22.0 Å². The highest BCUT2D eigenvalue weighted by Crippen LogP contribution is 2.13. The standard InChI is InChI=1S/C17H28N2O4S2.2C2H6/c1-3-5-6-7-8-9-14-24(21)19-25(22)16-12-10-15(11-13-16)18-17(20)23-4-2;2*1-2/h10-13,19H,3-9,14H2,1-2H3,(H,18,20);2*1-2H3. The molecule has 0 aliphatic carbocycles. The molecule has 0 radical (unpaired) electrons. The summed E-state index contributed by atoms with van der Waals surface area (Å²) in [5.74, 6) is 0.500. The van der Waals surface area contributed by atoms with Crippen LogP contribution in [0.25, 0.3) is 0 Å². The van der Waals surface area contributed by atoms with Crippen molar-refractivity contribution in [3.05, 3.63) is 24.3 Å². The van der Waals surface area contributed by atoms with E-state index in [0.717, 1.165) is 19.3 Å². The van der Waals surface area contributed by atoms with Crippen molar-refractivity contribution < 1.29 is 17.9 Å². The van der Waals surface area contributed by atoms with Crippen molar-refractivity contribution >= 4 is 33.8 Å². The van der Waals surface area contributed by atoms with Crippen LogP contribution < -0.4 is 9.44 Å². The minimum absolute atomic E-state index is 0.294. The Morgan fingerprint density at radius 1 is 0.897 bits per heavy atom. The third-order valence-corrected chi connectivity index (χ3v) is 6.15. The summed E-state index contributed by atoms with van der Waals surface area (Å²) in [7, 11) is -2.86. The summed E-state index contributed by atoms with van der Waals surface area (Å²) >= 11 is 0. The fourth-order valence-electron chi connectivity index (χ4n) is 2.13. The van der Waals surface area contributed by atoms with E-state index < -0.39 is 28.1 Å². The van der Waals surface area contributed by atoms with Crippen molar-refractivity contribution in [3.63, 3.8) is 0 Å².